The van der Waals surface area contributed by atoms with Crippen LogP contribution in [-0.2, 0) is 10.8 Å². The highest BCUT2D eigenvalue weighted by molar-refractivity contribution is 5.91. The van der Waals surface area contributed by atoms with E-state index in [0.29, 0.717) is 0 Å². The Balaban J connectivity index is 1.02. The van der Waals surface area contributed by atoms with Crippen LogP contribution in [0, 0.1) is 6.92 Å². The predicted molar refractivity (Wildman–Crippen MR) is 422 cm³/mol. The Morgan fingerprint density at radius 1 is 0.257 bits per heavy atom. The smallest absolute Gasteiger partial charge is 0.119 e. The number of fused-ring (bicyclic) bond motifs is 1. The van der Waals surface area contributed by atoms with E-state index in [0.717, 1.165) is 142 Å². The van der Waals surface area contributed by atoms with Crippen molar-refractivity contribution < 1.29 is 14.2 Å². The van der Waals surface area contributed by atoms with E-state index < -0.39 is 10.8 Å². The van der Waals surface area contributed by atoms with Crippen molar-refractivity contribution in [1.82, 2.24) is 0 Å². The number of aryl methyl sites for hydroxylation is 1. The van der Waals surface area contributed by atoms with Gasteiger partial charge < -0.3 is 33.8 Å². The molecule has 494 valence electrons. The van der Waals surface area contributed by atoms with Crippen LogP contribution in [0.5, 0.6) is 17.2 Å². The topological polar surface area (TPSA) is 40.7 Å². The van der Waals surface area contributed by atoms with Crippen molar-refractivity contribution >= 4 is 68.2 Å². The molecule has 0 aromatic heterocycles. The van der Waals surface area contributed by atoms with E-state index in [2.05, 4.69) is 393 Å². The summed E-state index contributed by atoms with van der Waals surface area (Å²) in [5, 5.41) is 0. The molecule has 14 aromatic rings. The van der Waals surface area contributed by atoms with Gasteiger partial charge in [0.2, 0.25) is 0 Å². The van der Waals surface area contributed by atoms with Crippen LogP contribution in [0.3, 0.4) is 0 Å². The average molecular weight is 1310 g/mol. The summed E-state index contributed by atoms with van der Waals surface area (Å²) >= 11 is 0. The summed E-state index contributed by atoms with van der Waals surface area (Å²) in [5.41, 5.74) is 25.0. The van der Waals surface area contributed by atoms with Gasteiger partial charge in [0.1, 0.15) is 17.2 Å². The monoisotopic (exact) mass is 1310 g/mol. The molecule has 1 aliphatic rings. The van der Waals surface area contributed by atoms with E-state index in [-0.39, 0.29) is 0 Å². The second-order valence-corrected chi connectivity index (χ2v) is 26.9. The van der Waals surface area contributed by atoms with Crippen molar-refractivity contribution in [3.63, 3.8) is 0 Å². The van der Waals surface area contributed by atoms with Crippen LogP contribution >= 0.6 is 0 Å². The fourth-order valence-corrected chi connectivity index (χ4v) is 14.9. The van der Waals surface area contributed by atoms with E-state index >= 15 is 0 Å². The van der Waals surface area contributed by atoms with Crippen LogP contribution in [0.2, 0.25) is 0 Å². The Bertz CT molecular complexity index is 5130. The minimum absolute atomic E-state index is 0.413. The van der Waals surface area contributed by atoms with Crippen molar-refractivity contribution in [2.75, 3.05) is 40.9 Å². The Hall–Kier alpha value is -12.3. The third-order valence-electron chi connectivity index (χ3n) is 19.9. The first-order valence-corrected chi connectivity index (χ1v) is 34.6. The van der Waals surface area contributed by atoms with Crippen LogP contribution in [0.4, 0.5) is 68.2 Å². The standard InChI is InChI=1S/C94H80N4O3/c1-66-28-38-76(39-29-66)95(77-40-30-71(31-41-77)67-20-12-8-13-21-67)84-60-75(61-85(62-84)96(80-48-54-87(99-5)55-49-80)78-42-32-72(33-43-78)68-22-14-9-15-23-68)94(4)65-93(2,3)90-63-86(97(81-50-56-88(100-6)57-51-81)79-44-34-73(35-45-79)69-24-16-10-17-25-69)64-91(92(90)94)98(83-52-58-89(101-7)59-53-83)82-46-36-74(37-47-82)70-26-18-11-19-27-70/h8-64H,65H2,1-7H3. The average Bonchev–Trinajstić information content (AvgIpc) is 1.57. The van der Waals surface area contributed by atoms with Crippen molar-refractivity contribution in [3.8, 4) is 61.8 Å². The lowest BCUT2D eigenvalue weighted by Crippen LogP contribution is -2.26. The van der Waals surface area contributed by atoms with Crippen molar-refractivity contribution in [2.45, 2.75) is 44.9 Å². The Morgan fingerprint density at radius 2 is 0.515 bits per heavy atom. The highest BCUT2D eigenvalue weighted by Crippen LogP contribution is 2.61. The molecule has 7 nitrogen and oxygen atoms in total. The van der Waals surface area contributed by atoms with Gasteiger partial charge in [-0.1, -0.05) is 208 Å². The van der Waals surface area contributed by atoms with Crippen LogP contribution in [-0.4, -0.2) is 21.3 Å². The van der Waals surface area contributed by atoms with Crippen LogP contribution < -0.4 is 33.8 Å². The fraction of sp³-hybridized carbons (Fsp3) is 0.106. The van der Waals surface area contributed by atoms with Gasteiger partial charge in [0.15, 0.2) is 0 Å². The molecule has 14 aromatic carbocycles. The molecule has 0 fully saturated rings. The van der Waals surface area contributed by atoms with E-state index in [1.165, 1.54) is 16.7 Å². The quantitative estimate of drug-likeness (QED) is 0.0753. The molecular weight excluding hydrogens is 1230 g/mol. The molecule has 1 aliphatic carbocycles. The molecule has 0 bridgehead atoms. The van der Waals surface area contributed by atoms with Crippen molar-refractivity contribution in [1.29, 1.82) is 0 Å². The van der Waals surface area contributed by atoms with Gasteiger partial charge in [-0.05, 0) is 244 Å². The number of anilines is 12. The lowest BCUT2D eigenvalue weighted by atomic mass is 9.74. The Morgan fingerprint density at radius 3 is 0.812 bits per heavy atom. The maximum Gasteiger partial charge on any atom is 0.119 e. The highest BCUT2D eigenvalue weighted by atomic mass is 16.5. The van der Waals surface area contributed by atoms with E-state index in [1.807, 2.05) is 0 Å². The van der Waals surface area contributed by atoms with Gasteiger partial charge in [-0.25, -0.2) is 0 Å². The third kappa shape index (κ3) is 13.1. The van der Waals surface area contributed by atoms with Crippen molar-refractivity contribution in [3.05, 3.63) is 368 Å². The van der Waals surface area contributed by atoms with Crippen molar-refractivity contribution in [2.24, 2.45) is 0 Å². The van der Waals surface area contributed by atoms with Gasteiger partial charge in [-0.2, -0.15) is 0 Å². The van der Waals surface area contributed by atoms with E-state index in [9.17, 15) is 0 Å². The van der Waals surface area contributed by atoms with Gasteiger partial charge in [0, 0.05) is 68.0 Å². The Kier molecular flexibility index (Phi) is 17.9. The number of hydrogen-bond acceptors (Lipinski definition) is 7. The van der Waals surface area contributed by atoms with E-state index in [4.69, 9.17) is 14.2 Å². The first-order valence-electron chi connectivity index (χ1n) is 34.6. The summed E-state index contributed by atoms with van der Waals surface area (Å²) < 4.78 is 17.6. The maximum absolute atomic E-state index is 5.93. The van der Waals surface area contributed by atoms with Gasteiger partial charge in [-0.15, -0.1) is 0 Å². The molecule has 0 saturated carbocycles. The molecule has 0 saturated heterocycles. The number of ether oxygens (including phenoxy) is 3. The summed E-state index contributed by atoms with van der Waals surface area (Å²) in [4.78, 5) is 9.74. The normalized spacial score (nSPS) is 13.6. The molecule has 1 unspecified atom stereocenters. The number of hydrogen-bond donors (Lipinski definition) is 0. The zero-order chi connectivity index (χ0) is 69.0. The SMILES string of the molecule is COc1ccc(N(c2ccc(-c3ccccc3)cc2)c2cc(N(c3ccc(C)cc3)c3ccc(-c4ccccc4)cc3)cc(C3(C)CC(C)(C)c4cc(N(c5ccc(OC)cc5)c5ccc(-c6ccccc6)cc5)cc(N(c5ccc(OC)cc5)c5ccc(-c6ccccc6)cc5)c43)c2)cc1. The molecule has 7 heteroatoms. The van der Waals surface area contributed by atoms with E-state index in [1.54, 1.807) is 21.3 Å². The zero-order valence-corrected chi connectivity index (χ0v) is 58.1. The van der Waals surface area contributed by atoms with Crippen LogP contribution in [0.1, 0.15) is 49.4 Å². The third-order valence-corrected chi connectivity index (χ3v) is 19.9. The number of methoxy groups -OCH3 is 3. The minimum Gasteiger partial charge on any atom is -0.497 e. The zero-order valence-electron chi connectivity index (χ0n) is 58.1. The molecule has 101 heavy (non-hydrogen) atoms. The molecular formula is C94H80N4O3. The summed E-state index contributed by atoms with van der Waals surface area (Å²) in [5.74, 6) is 2.34. The molecule has 0 spiro atoms. The highest BCUT2D eigenvalue weighted by Gasteiger charge is 2.49. The lowest BCUT2D eigenvalue weighted by Gasteiger charge is -2.37. The van der Waals surface area contributed by atoms with Crippen LogP contribution in [0.15, 0.2) is 346 Å². The number of benzene rings is 14. The first-order chi connectivity index (χ1) is 49.4. The largest absolute Gasteiger partial charge is 0.497 e. The first kappa shape index (κ1) is 64.7. The van der Waals surface area contributed by atoms with Gasteiger partial charge in [0.25, 0.3) is 0 Å². The summed E-state index contributed by atoms with van der Waals surface area (Å²) in [6.45, 7) is 9.54. The lowest BCUT2D eigenvalue weighted by molar-refractivity contribution is 0.414. The molecule has 0 radical (unpaired) electrons. The van der Waals surface area contributed by atoms with Gasteiger partial charge in [-0.3, -0.25) is 0 Å². The Labute approximate surface area is 594 Å². The fourth-order valence-electron chi connectivity index (χ4n) is 14.9. The van der Waals surface area contributed by atoms with Gasteiger partial charge >= 0.3 is 0 Å². The second kappa shape index (κ2) is 27.9. The van der Waals surface area contributed by atoms with Gasteiger partial charge in [0.05, 0.1) is 27.0 Å². The van der Waals surface area contributed by atoms with Crippen LogP contribution in [0.25, 0.3) is 44.5 Å². The predicted octanol–water partition coefficient (Wildman–Crippen LogP) is 25.6. The second-order valence-electron chi connectivity index (χ2n) is 26.9. The summed E-state index contributed by atoms with van der Waals surface area (Å²) in [7, 11) is 5.19. The number of nitrogens with zero attached hydrogens (tertiary/aromatic N) is 4. The summed E-state index contributed by atoms with van der Waals surface area (Å²) in [6, 6.07) is 125. The minimum atomic E-state index is -0.687. The molecule has 0 N–H and O–H groups in total. The number of rotatable bonds is 20. The maximum atomic E-state index is 5.93. The molecule has 0 amide bonds. The summed E-state index contributed by atoms with van der Waals surface area (Å²) in [6.07, 6.45) is 0.761. The molecule has 0 aliphatic heterocycles. The molecule has 0 heterocycles. The molecule has 15 rings (SSSR count). The molecule has 1 atom stereocenters.